The second-order valence-electron chi connectivity index (χ2n) is 10.3. The zero-order valence-electron chi connectivity index (χ0n) is 23.7. The quantitative estimate of drug-likeness (QED) is 0.263. The fourth-order valence-corrected chi connectivity index (χ4v) is 5.60. The molecule has 2 atom stereocenters. The summed E-state index contributed by atoms with van der Waals surface area (Å²) in [5.41, 5.74) is 3.89. The molecular formula is C33H36N4O4. The lowest BCUT2D eigenvalue weighted by Gasteiger charge is -2.34. The highest BCUT2D eigenvalue weighted by Gasteiger charge is 2.39. The molecule has 0 spiro atoms. The molecule has 4 aromatic rings. The molecule has 1 aliphatic rings. The van der Waals surface area contributed by atoms with E-state index in [-0.39, 0.29) is 17.7 Å². The van der Waals surface area contributed by atoms with Crippen molar-refractivity contribution in [2.75, 3.05) is 30.3 Å². The molecule has 0 radical (unpaired) electrons. The van der Waals surface area contributed by atoms with Gasteiger partial charge in [0.2, 0.25) is 17.7 Å². The van der Waals surface area contributed by atoms with Crippen molar-refractivity contribution in [3.8, 4) is 11.3 Å². The molecule has 1 aromatic heterocycles. The maximum atomic E-state index is 13.9. The number of rotatable bonds is 9. The van der Waals surface area contributed by atoms with Gasteiger partial charge in [0, 0.05) is 35.8 Å². The monoisotopic (exact) mass is 552 g/mol. The highest BCUT2D eigenvalue weighted by Crippen LogP contribution is 2.32. The number of carbonyl (C=O) groups excluding carboxylic acids is 3. The number of benzene rings is 3. The lowest BCUT2D eigenvalue weighted by atomic mass is 10.0. The van der Waals surface area contributed by atoms with Gasteiger partial charge in [-0.2, -0.15) is 0 Å². The van der Waals surface area contributed by atoms with Crippen molar-refractivity contribution in [3.05, 3.63) is 84.4 Å². The second-order valence-corrected chi connectivity index (χ2v) is 10.3. The van der Waals surface area contributed by atoms with Gasteiger partial charge in [-0.3, -0.25) is 19.3 Å². The number of nitrogens with zero attached hydrogens (tertiary/aromatic N) is 2. The van der Waals surface area contributed by atoms with E-state index in [9.17, 15) is 14.4 Å². The van der Waals surface area contributed by atoms with Crippen molar-refractivity contribution >= 4 is 40.1 Å². The summed E-state index contributed by atoms with van der Waals surface area (Å²) in [4.78, 5) is 42.6. The molecule has 2 heterocycles. The van der Waals surface area contributed by atoms with E-state index in [1.807, 2.05) is 78.9 Å². The van der Waals surface area contributed by atoms with Crippen LogP contribution in [0.15, 0.2) is 83.3 Å². The SMILES string of the molecule is CCN(CC)[C@@H](C(=O)N1CCC[C@H]1C(=O)Nc1ccc2oc(-c3ccc(NC(C)=O)cc3)cc2c1)c1ccccc1. The maximum absolute atomic E-state index is 13.9. The molecular weight excluding hydrogens is 516 g/mol. The zero-order valence-corrected chi connectivity index (χ0v) is 23.7. The first-order valence-corrected chi connectivity index (χ1v) is 14.2. The molecule has 41 heavy (non-hydrogen) atoms. The van der Waals surface area contributed by atoms with Crippen LogP contribution >= 0.6 is 0 Å². The van der Waals surface area contributed by atoms with Crippen molar-refractivity contribution < 1.29 is 18.8 Å². The molecule has 0 bridgehead atoms. The molecule has 8 heteroatoms. The van der Waals surface area contributed by atoms with Crippen molar-refractivity contribution in [3.63, 3.8) is 0 Å². The summed E-state index contributed by atoms with van der Waals surface area (Å²) in [5, 5.41) is 6.66. The van der Waals surface area contributed by atoms with Crippen LogP contribution in [-0.2, 0) is 14.4 Å². The van der Waals surface area contributed by atoms with Crippen molar-refractivity contribution in [2.45, 2.75) is 45.7 Å². The molecule has 0 aliphatic carbocycles. The highest BCUT2D eigenvalue weighted by atomic mass is 16.3. The highest BCUT2D eigenvalue weighted by molar-refractivity contribution is 6.00. The van der Waals surface area contributed by atoms with Gasteiger partial charge in [-0.25, -0.2) is 0 Å². The lowest BCUT2D eigenvalue weighted by Crippen LogP contribution is -2.48. The van der Waals surface area contributed by atoms with Crippen molar-refractivity contribution in [2.24, 2.45) is 0 Å². The van der Waals surface area contributed by atoms with Crippen LogP contribution in [0.1, 0.15) is 45.2 Å². The van der Waals surface area contributed by atoms with E-state index in [1.165, 1.54) is 6.92 Å². The first kappa shape index (κ1) is 28.1. The van der Waals surface area contributed by atoms with E-state index in [0.29, 0.717) is 35.7 Å². The third-order valence-electron chi connectivity index (χ3n) is 7.64. The van der Waals surface area contributed by atoms with Gasteiger partial charge in [0.05, 0.1) is 0 Å². The smallest absolute Gasteiger partial charge is 0.247 e. The Balaban J connectivity index is 1.32. The molecule has 1 aliphatic heterocycles. The predicted molar refractivity (Wildman–Crippen MR) is 161 cm³/mol. The molecule has 0 unspecified atom stereocenters. The number of likely N-dealkylation sites (N-methyl/N-ethyl adjacent to an activating group) is 1. The topological polar surface area (TPSA) is 94.9 Å². The Labute approximate surface area is 240 Å². The summed E-state index contributed by atoms with van der Waals surface area (Å²) in [7, 11) is 0. The number of hydrogen-bond acceptors (Lipinski definition) is 5. The third kappa shape index (κ3) is 6.18. The fourth-order valence-electron chi connectivity index (χ4n) is 5.60. The van der Waals surface area contributed by atoms with Crippen LogP contribution < -0.4 is 10.6 Å². The van der Waals surface area contributed by atoms with E-state index < -0.39 is 12.1 Å². The van der Waals surface area contributed by atoms with Crippen LogP contribution in [0.2, 0.25) is 0 Å². The number of fused-ring (bicyclic) bond motifs is 1. The number of furan rings is 1. The molecule has 5 rings (SSSR count). The van der Waals surface area contributed by atoms with E-state index in [2.05, 4.69) is 29.4 Å². The van der Waals surface area contributed by atoms with Crippen LogP contribution in [-0.4, -0.2) is 53.2 Å². The molecule has 2 N–H and O–H groups in total. The normalized spacial score (nSPS) is 15.7. The Kier molecular flexibility index (Phi) is 8.50. The summed E-state index contributed by atoms with van der Waals surface area (Å²) < 4.78 is 6.04. The van der Waals surface area contributed by atoms with Crippen LogP contribution in [0.3, 0.4) is 0 Å². The van der Waals surface area contributed by atoms with Crippen molar-refractivity contribution in [1.29, 1.82) is 0 Å². The number of carbonyl (C=O) groups is 3. The third-order valence-corrected chi connectivity index (χ3v) is 7.64. The van der Waals surface area contributed by atoms with E-state index >= 15 is 0 Å². The number of nitrogens with one attached hydrogen (secondary N) is 2. The van der Waals surface area contributed by atoms with Gasteiger partial charge < -0.3 is 20.0 Å². The molecule has 3 amide bonds. The number of likely N-dealkylation sites (tertiary alicyclic amines) is 1. The maximum Gasteiger partial charge on any atom is 0.247 e. The van der Waals surface area contributed by atoms with Gasteiger partial charge in [0.25, 0.3) is 0 Å². The number of anilines is 2. The molecule has 212 valence electrons. The molecule has 3 aromatic carbocycles. The molecule has 0 saturated carbocycles. The lowest BCUT2D eigenvalue weighted by molar-refractivity contribution is -0.141. The van der Waals surface area contributed by atoms with Gasteiger partial charge in [-0.05, 0) is 80.0 Å². The molecule has 8 nitrogen and oxygen atoms in total. The van der Waals surface area contributed by atoms with Gasteiger partial charge in [0.1, 0.15) is 23.4 Å². The predicted octanol–water partition coefficient (Wildman–Crippen LogP) is 6.07. The molecule has 1 fully saturated rings. The summed E-state index contributed by atoms with van der Waals surface area (Å²) in [5.74, 6) is 0.352. The zero-order chi connectivity index (χ0) is 28.9. The Morgan fingerprint density at radius 2 is 1.63 bits per heavy atom. The minimum absolute atomic E-state index is 0.0306. The largest absolute Gasteiger partial charge is 0.456 e. The van der Waals surface area contributed by atoms with Crippen LogP contribution in [0.4, 0.5) is 11.4 Å². The first-order chi connectivity index (χ1) is 19.9. The van der Waals surface area contributed by atoms with E-state index in [1.54, 1.807) is 4.90 Å². The summed E-state index contributed by atoms with van der Waals surface area (Å²) >= 11 is 0. The Morgan fingerprint density at radius 3 is 2.32 bits per heavy atom. The minimum atomic E-state index is -0.526. The Bertz CT molecular complexity index is 1530. The van der Waals surface area contributed by atoms with Gasteiger partial charge >= 0.3 is 0 Å². The number of amides is 3. The van der Waals surface area contributed by atoms with Crippen LogP contribution in [0.25, 0.3) is 22.3 Å². The average molecular weight is 553 g/mol. The summed E-state index contributed by atoms with van der Waals surface area (Å²) in [6.07, 6.45) is 1.42. The van der Waals surface area contributed by atoms with Gasteiger partial charge in [-0.15, -0.1) is 0 Å². The standard InChI is InChI=1S/C33H36N4O4/c1-4-36(5-2)31(24-10-7-6-8-11-24)33(40)37-19-9-12-28(37)32(39)35-27-17-18-29-25(20-27)21-30(41-29)23-13-15-26(16-14-23)34-22(3)38/h6-8,10-11,13-18,20-21,28,31H,4-5,9,12,19H2,1-3H3,(H,34,38)(H,35,39)/t28-,31+/m0/s1. The fraction of sp³-hybridized carbons (Fsp3) is 0.303. The molecule has 1 saturated heterocycles. The Morgan fingerprint density at radius 1 is 0.927 bits per heavy atom. The Hall–Kier alpha value is -4.43. The van der Waals surface area contributed by atoms with Crippen LogP contribution in [0.5, 0.6) is 0 Å². The van der Waals surface area contributed by atoms with Crippen LogP contribution in [0, 0.1) is 0 Å². The minimum Gasteiger partial charge on any atom is -0.456 e. The van der Waals surface area contributed by atoms with E-state index in [0.717, 1.165) is 36.0 Å². The van der Waals surface area contributed by atoms with Gasteiger partial charge in [-0.1, -0.05) is 44.2 Å². The number of hydrogen-bond donors (Lipinski definition) is 2. The summed E-state index contributed by atoms with van der Waals surface area (Å²) in [6, 6.07) is 23.8. The van der Waals surface area contributed by atoms with Crippen molar-refractivity contribution in [1.82, 2.24) is 9.80 Å². The first-order valence-electron chi connectivity index (χ1n) is 14.2. The average Bonchev–Trinajstić information content (AvgIpc) is 3.64. The van der Waals surface area contributed by atoms with Gasteiger partial charge in [0.15, 0.2) is 0 Å². The second kappa shape index (κ2) is 12.4. The van der Waals surface area contributed by atoms with E-state index in [4.69, 9.17) is 4.42 Å². The summed E-state index contributed by atoms with van der Waals surface area (Å²) in [6.45, 7) is 7.61.